The fraction of sp³-hybridized carbons (Fsp3) is 0.167. The molecular weight excluding hydrogens is 296 g/mol. The first-order valence-electron chi connectivity index (χ1n) is 5.29. The Morgan fingerprint density at radius 1 is 1.56 bits per heavy atom. The van der Waals surface area contributed by atoms with E-state index in [-0.39, 0.29) is 5.84 Å². The molecule has 1 aromatic heterocycles. The van der Waals surface area contributed by atoms with Gasteiger partial charge in [-0.2, -0.15) is 5.10 Å². The zero-order valence-corrected chi connectivity index (χ0v) is 11.4. The van der Waals surface area contributed by atoms with Crippen LogP contribution in [0.15, 0.2) is 35.1 Å². The summed E-state index contributed by atoms with van der Waals surface area (Å²) in [6.45, 7) is 0.565. The van der Waals surface area contributed by atoms with Gasteiger partial charge in [0, 0.05) is 17.3 Å². The Bertz CT molecular complexity index is 579. The Kier molecular flexibility index (Phi) is 3.66. The third kappa shape index (κ3) is 2.70. The highest BCUT2D eigenvalue weighted by Crippen LogP contribution is 2.21. The number of hydrogen-bond donors (Lipinski definition) is 2. The summed E-state index contributed by atoms with van der Waals surface area (Å²) in [6, 6.07) is 5.42. The first-order valence-corrected chi connectivity index (χ1v) is 6.08. The van der Waals surface area contributed by atoms with Gasteiger partial charge in [0.25, 0.3) is 0 Å². The second-order valence-corrected chi connectivity index (χ2v) is 4.71. The van der Waals surface area contributed by atoms with Crippen molar-refractivity contribution in [3.8, 4) is 5.75 Å². The van der Waals surface area contributed by atoms with Crippen LogP contribution in [0.4, 0.5) is 0 Å². The Morgan fingerprint density at radius 3 is 2.89 bits per heavy atom. The number of benzene rings is 1. The molecule has 0 fully saturated rings. The third-order valence-electron chi connectivity index (χ3n) is 2.53. The van der Waals surface area contributed by atoms with Gasteiger partial charge in [-0.3, -0.25) is 10.1 Å². The van der Waals surface area contributed by atoms with Crippen LogP contribution in [0, 0.1) is 5.41 Å². The highest BCUT2D eigenvalue weighted by Gasteiger charge is 2.07. The van der Waals surface area contributed by atoms with Crippen molar-refractivity contribution in [2.24, 2.45) is 5.73 Å². The van der Waals surface area contributed by atoms with Gasteiger partial charge in [-0.05, 0) is 34.1 Å². The lowest BCUT2D eigenvalue weighted by atomic mass is 10.1. The average molecular weight is 309 g/mol. The summed E-state index contributed by atoms with van der Waals surface area (Å²) < 4.78 is 8.00. The van der Waals surface area contributed by atoms with Crippen LogP contribution in [0.3, 0.4) is 0 Å². The largest absolute Gasteiger partial charge is 0.496 e. The molecule has 5 nitrogen and oxygen atoms in total. The summed E-state index contributed by atoms with van der Waals surface area (Å²) in [6.07, 6.45) is 3.60. The maximum atomic E-state index is 7.45. The van der Waals surface area contributed by atoms with Crippen molar-refractivity contribution in [2.45, 2.75) is 6.54 Å². The smallest absolute Gasteiger partial charge is 0.123 e. The van der Waals surface area contributed by atoms with Gasteiger partial charge in [-0.25, -0.2) is 0 Å². The average Bonchev–Trinajstić information content (AvgIpc) is 2.74. The second kappa shape index (κ2) is 5.22. The molecular formula is C12H13BrN4O. The molecule has 6 heteroatoms. The molecule has 2 aromatic rings. The van der Waals surface area contributed by atoms with E-state index in [1.807, 2.05) is 18.3 Å². The fourth-order valence-corrected chi connectivity index (χ4v) is 2.00. The van der Waals surface area contributed by atoms with Gasteiger partial charge in [0.05, 0.1) is 24.3 Å². The molecule has 1 aromatic carbocycles. The number of rotatable bonds is 4. The number of nitrogens with one attached hydrogen (secondary N) is 1. The molecule has 0 atom stereocenters. The molecule has 3 N–H and O–H groups in total. The van der Waals surface area contributed by atoms with Gasteiger partial charge in [-0.1, -0.05) is 0 Å². The molecule has 0 bridgehead atoms. The number of ether oxygens (including phenoxy) is 1. The summed E-state index contributed by atoms with van der Waals surface area (Å²) in [5.74, 6) is 0.798. The van der Waals surface area contributed by atoms with E-state index in [2.05, 4.69) is 21.0 Å². The van der Waals surface area contributed by atoms with Gasteiger partial charge < -0.3 is 10.5 Å². The predicted octanol–water partition coefficient (Wildman–Crippen LogP) is 1.99. The minimum atomic E-state index is 0.0422. The number of nitrogens with two attached hydrogens (primary N) is 1. The molecule has 0 aliphatic carbocycles. The summed E-state index contributed by atoms with van der Waals surface area (Å²) in [5.41, 5.74) is 7.09. The Morgan fingerprint density at radius 2 is 2.33 bits per heavy atom. The van der Waals surface area contributed by atoms with E-state index in [1.165, 1.54) is 0 Å². The fourth-order valence-electron chi connectivity index (χ4n) is 1.67. The summed E-state index contributed by atoms with van der Waals surface area (Å²) in [5, 5.41) is 11.6. The van der Waals surface area contributed by atoms with Gasteiger partial charge in [-0.15, -0.1) is 0 Å². The standard InChI is InChI=1S/C12H13BrN4O/c1-18-11-3-2-8(12(14)15)4-9(11)6-17-7-10(13)5-16-17/h2-5,7H,6H2,1H3,(H3,14,15). The number of amidine groups is 1. The Hall–Kier alpha value is -1.82. The number of nitrogens with zero attached hydrogens (tertiary/aromatic N) is 2. The van der Waals surface area contributed by atoms with Crippen LogP contribution < -0.4 is 10.5 Å². The maximum absolute atomic E-state index is 7.45. The lowest BCUT2D eigenvalue weighted by molar-refractivity contribution is 0.407. The van der Waals surface area contributed by atoms with E-state index in [9.17, 15) is 0 Å². The highest BCUT2D eigenvalue weighted by molar-refractivity contribution is 9.10. The molecule has 0 spiro atoms. The third-order valence-corrected chi connectivity index (χ3v) is 2.93. The molecule has 0 aliphatic rings. The summed E-state index contributed by atoms with van der Waals surface area (Å²) >= 11 is 3.35. The van der Waals surface area contributed by atoms with Crippen LogP contribution in [0.5, 0.6) is 5.75 Å². The highest BCUT2D eigenvalue weighted by atomic mass is 79.9. The van der Waals surface area contributed by atoms with Crippen LogP contribution in [0.2, 0.25) is 0 Å². The minimum absolute atomic E-state index is 0.0422. The van der Waals surface area contributed by atoms with E-state index < -0.39 is 0 Å². The molecule has 0 unspecified atom stereocenters. The molecule has 0 aliphatic heterocycles. The molecule has 18 heavy (non-hydrogen) atoms. The number of methoxy groups -OCH3 is 1. The number of nitrogen functional groups attached to an aromatic ring is 1. The van der Waals surface area contributed by atoms with Crippen LogP contribution >= 0.6 is 15.9 Å². The van der Waals surface area contributed by atoms with E-state index in [4.69, 9.17) is 15.9 Å². The molecule has 2 rings (SSSR count). The van der Waals surface area contributed by atoms with Crippen molar-refractivity contribution in [2.75, 3.05) is 7.11 Å². The molecule has 1 heterocycles. The maximum Gasteiger partial charge on any atom is 0.123 e. The summed E-state index contributed by atoms with van der Waals surface area (Å²) in [7, 11) is 1.62. The molecule has 0 saturated carbocycles. The lowest BCUT2D eigenvalue weighted by Crippen LogP contribution is -2.12. The zero-order chi connectivity index (χ0) is 13.1. The zero-order valence-electron chi connectivity index (χ0n) is 9.85. The number of hydrogen-bond acceptors (Lipinski definition) is 3. The Labute approximate surface area is 113 Å². The Balaban J connectivity index is 2.35. The number of aromatic nitrogens is 2. The van der Waals surface area contributed by atoms with Crippen molar-refractivity contribution >= 4 is 21.8 Å². The van der Waals surface area contributed by atoms with Crippen LogP contribution in [-0.2, 0) is 6.54 Å². The van der Waals surface area contributed by atoms with Crippen molar-refractivity contribution in [3.05, 3.63) is 46.2 Å². The lowest BCUT2D eigenvalue weighted by Gasteiger charge is -2.10. The first kappa shape index (κ1) is 12.6. The van der Waals surface area contributed by atoms with Crippen LogP contribution in [-0.4, -0.2) is 22.7 Å². The van der Waals surface area contributed by atoms with Crippen molar-refractivity contribution in [3.63, 3.8) is 0 Å². The van der Waals surface area contributed by atoms with E-state index in [0.29, 0.717) is 12.1 Å². The van der Waals surface area contributed by atoms with Gasteiger partial charge in [0.2, 0.25) is 0 Å². The predicted molar refractivity (Wildman–Crippen MR) is 73.0 cm³/mol. The van der Waals surface area contributed by atoms with Crippen LogP contribution in [0.1, 0.15) is 11.1 Å². The topological polar surface area (TPSA) is 76.9 Å². The quantitative estimate of drug-likeness (QED) is 0.670. The summed E-state index contributed by atoms with van der Waals surface area (Å²) in [4.78, 5) is 0. The molecule has 0 radical (unpaired) electrons. The molecule has 0 saturated heterocycles. The monoisotopic (exact) mass is 308 g/mol. The minimum Gasteiger partial charge on any atom is -0.496 e. The van der Waals surface area contributed by atoms with E-state index >= 15 is 0 Å². The van der Waals surface area contributed by atoms with Crippen molar-refractivity contribution in [1.29, 1.82) is 5.41 Å². The van der Waals surface area contributed by atoms with Gasteiger partial charge >= 0.3 is 0 Å². The molecule has 94 valence electrons. The number of halogens is 1. The SMILES string of the molecule is COc1ccc(C(=N)N)cc1Cn1cc(Br)cn1. The van der Waals surface area contributed by atoms with E-state index in [0.717, 1.165) is 15.8 Å². The van der Waals surface area contributed by atoms with Crippen LogP contribution in [0.25, 0.3) is 0 Å². The normalized spacial score (nSPS) is 10.3. The van der Waals surface area contributed by atoms with Gasteiger partial charge in [0.15, 0.2) is 0 Å². The van der Waals surface area contributed by atoms with Crippen molar-refractivity contribution in [1.82, 2.24) is 9.78 Å². The van der Waals surface area contributed by atoms with Crippen molar-refractivity contribution < 1.29 is 4.74 Å². The second-order valence-electron chi connectivity index (χ2n) is 3.80. The molecule has 0 amide bonds. The first-order chi connectivity index (χ1) is 8.60. The van der Waals surface area contributed by atoms with E-state index in [1.54, 1.807) is 24.1 Å². The van der Waals surface area contributed by atoms with Gasteiger partial charge in [0.1, 0.15) is 11.6 Å².